The second-order valence-corrected chi connectivity index (χ2v) is 3.66. The second-order valence-electron chi connectivity index (χ2n) is 3.66. The van der Waals surface area contributed by atoms with Crippen LogP contribution in [0.4, 0.5) is 5.69 Å². The molecule has 16 heavy (non-hydrogen) atoms. The van der Waals surface area contributed by atoms with Gasteiger partial charge in [-0.2, -0.15) is 0 Å². The lowest BCUT2D eigenvalue weighted by atomic mass is 10.2. The van der Waals surface area contributed by atoms with Crippen LogP contribution in [0.3, 0.4) is 0 Å². The summed E-state index contributed by atoms with van der Waals surface area (Å²) in [6, 6.07) is 12.2. The zero-order valence-corrected chi connectivity index (χ0v) is 9.36. The minimum absolute atomic E-state index is 0.718. The minimum Gasteiger partial charge on any atom is -0.467 e. The molecule has 0 aliphatic rings. The van der Waals surface area contributed by atoms with Crippen molar-refractivity contribution in [2.45, 2.75) is 13.1 Å². The molecule has 0 atom stereocenters. The van der Waals surface area contributed by atoms with Gasteiger partial charge in [0.2, 0.25) is 0 Å². The molecule has 2 aromatic rings. The van der Waals surface area contributed by atoms with E-state index in [4.69, 9.17) is 4.42 Å². The van der Waals surface area contributed by atoms with Crippen LogP contribution in [0.15, 0.2) is 47.1 Å². The Morgan fingerprint density at radius 2 is 2.06 bits per heavy atom. The van der Waals surface area contributed by atoms with Gasteiger partial charge in [-0.1, -0.05) is 12.1 Å². The summed E-state index contributed by atoms with van der Waals surface area (Å²) >= 11 is 0. The van der Waals surface area contributed by atoms with E-state index in [-0.39, 0.29) is 0 Å². The topological polar surface area (TPSA) is 37.2 Å². The third-order valence-corrected chi connectivity index (χ3v) is 2.35. The number of benzene rings is 1. The van der Waals surface area contributed by atoms with Gasteiger partial charge in [0.05, 0.1) is 12.8 Å². The third kappa shape index (κ3) is 2.87. The van der Waals surface area contributed by atoms with Gasteiger partial charge in [0.25, 0.3) is 0 Å². The van der Waals surface area contributed by atoms with Gasteiger partial charge in [0.1, 0.15) is 5.76 Å². The van der Waals surface area contributed by atoms with Crippen molar-refractivity contribution in [2.24, 2.45) is 0 Å². The Morgan fingerprint density at radius 3 is 2.81 bits per heavy atom. The standard InChI is InChI=1S/C13H16N2O/c1-14-9-11-4-2-5-12(8-11)15-10-13-6-3-7-16-13/h2-8,14-15H,9-10H2,1H3. The van der Waals surface area contributed by atoms with E-state index in [1.807, 2.05) is 19.2 Å². The van der Waals surface area contributed by atoms with Crippen LogP contribution in [-0.2, 0) is 13.1 Å². The summed E-state index contributed by atoms with van der Waals surface area (Å²) in [6.07, 6.45) is 1.69. The summed E-state index contributed by atoms with van der Waals surface area (Å²) in [5, 5.41) is 6.46. The molecule has 1 heterocycles. The van der Waals surface area contributed by atoms with Crippen LogP contribution in [0, 0.1) is 0 Å². The van der Waals surface area contributed by atoms with Crippen LogP contribution in [0.5, 0.6) is 0 Å². The molecule has 1 aromatic heterocycles. The van der Waals surface area contributed by atoms with Crippen LogP contribution < -0.4 is 10.6 Å². The molecule has 2 rings (SSSR count). The quantitative estimate of drug-likeness (QED) is 0.806. The highest BCUT2D eigenvalue weighted by atomic mass is 16.3. The SMILES string of the molecule is CNCc1cccc(NCc2ccco2)c1. The molecule has 0 bridgehead atoms. The molecule has 0 saturated heterocycles. The van der Waals surface area contributed by atoms with Crippen molar-refractivity contribution in [3.8, 4) is 0 Å². The first-order valence-corrected chi connectivity index (χ1v) is 5.38. The van der Waals surface area contributed by atoms with E-state index in [0.29, 0.717) is 0 Å². The summed E-state index contributed by atoms with van der Waals surface area (Å²) in [6.45, 7) is 1.60. The molecule has 0 aliphatic heterocycles. The van der Waals surface area contributed by atoms with Crippen molar-refractivity contribution in [2.75, 3.05) is 12.4 Å². The predicted molar refractivity (Wildman–Crippen MR) is 65.2 cm³/mol. The lowest BCUT2D eigenvalue weighted by Crippen LogP contribution is -2.05. The average Bonchev–Trinajstić information content (AvgIpc) is 2.80. The fourth-order valence-electron chi connectivity index (χ4n) is 1.60. The van der Waals surface area contributed by atoms with Crippen molar-refractivity contribution >= 4 is 5.69 Å². The molecule has 2 N–H and O–H groups in total. The number of anilines is 1. The lowest BCUT2D eigenvalue weighted by molar-refractivity contribution is 0.518. The highest BCUT2D eigenvalue weighted by Crippen LogP contribution is 2.12. The monoisotopic (exact) mass is 216 g/mol. The Bertz CT molecular complexity index is 423. The van der Waals surface area contributed by atoms with Gasteiger partial charge in [-0.15, -0.1) is 0 Å². The molecule has 0 spiro atoms. The molecule has 0 unspecified atom stereocenters. The maximum absolute atomic E-state index is 5.26. The number of hydrogen-bond acceptors (Lipinski definition) is 3. The van der Waals surface area contributed by atoms with Crippen molar-refractivity contribution in [1.29, 1.82) is 0 Å². The lowest BCUT2D eigenvalue weighted by Gasteiger charge is -2.06. The maximum Gasteiger partial charge on any atom is 0.122 e. The van der Waals surface area contributed by atoms with E-state index in [2.05, 4.69) is 34.9 Å². The Morgan fingerprint density at radius 1 is 1.12 bits per heavy atom. The molecular formula is C13H16N2O. The summed E-state index contributed by atoms with van der Waals surface area (Å²) in [7, 11) is 1.95. The summed E-state index contributed by atoms with van der Waals surface area (Å²) in [4.78, 5) is 0. The van der Waals surface area contributed by atoms with E-state index < -0.39 is 0 Å². The smallest absolute Gasteiger partial charge is 0.122 e. The van der Waals surface area contributed by atoms with E-state index in [0.717, 1.165) is 24.5 Å². The Labute approximate surface area is 95.5 Å². The van der Waals surface area contributed by atoms with Crippen molar-refractivity contribution in [3.63, 3.8) is 0 Å². The van der Waals surface area contributed by atoms with Crippen LogP contribution >= 0.6 is 0 Å². The molecule has 84 valence electrons. The molecule has 0 amide bonds. The molecule has 1 aromatic carbocycles. The minimum atomic E-state index is 0.718. The molecular weight excluding hydrogens is 200 g/mol. The zero-order chi connectivity index (χ0) is 11.2. The first-order valence-electron chi connectivity index (χ1n) is 5.38. The number of nitrogens with one attached hydrogen (secondary N) is 2. The normalized spacial score (nSPS) is 10.3. The third-order valence-electron chi connectivity index (χ3n) is 2.35. The molecule has 3 heteroatoms. The highest BCUT2D eigenvalue weighted by Gasteiger charge is 1.97. The summed E-state index contributed by atoms with van der Waals surface area (Å²) in [5.74, 6) is 0.944. The molecule has 0 fully saturated rings. The maximum atomic E-state index is 5.26. The first kappa shape index (κ1) is 10.8. The van der Waals surface area contributed by atoms with E-state index in [1.165, 1.54) is 5.56 Å². The molecule has 0 radical (unpaired) electrons. The van der Waals surface area contributed by atoms with Crippen molar-refractivity contribution < 1.29 is 4.42 Å². The van der Waals surface area contributed by atoms with Gasteiger partial charge < -0.3 is 15.1 Å². The van der Waals surface area contributed by atoms with Crippen LogP contribution in [0.1, 0.15) is 11.3 Å². The predicted octanol–water partition coefficient (Wildman–Crippen LogP) is 2.61. The Balaban J connectivity index is 1.96. The highest BCUT2D eigenvalue weighted by molar-refractivity contribution is 5.45. The zero-order valence-electron chi connectivity index (χ0n) is 9.36. The first-order chi connectivity index (χ1) is 7.88. The second kappa shape index (κ2) is 5.37. The molecule has 0 aliphatic carbocycles. The molecule has 3 nitrogen and oxygen atoms in total. The van der Waals surface area contributed by atoms with Crippen LogP contribution in [0.25, 0.3) is 0 Å². The van der Waals surface area contributed by atoms with Crippen LogP contribution in [0.2, 0.25) is 0 Å². The van der Waals surface area contributed by atoms with Gasteiger partial charge in [-0.3, -0.25) is 0 Å². The van der Waals surface area contributed by atoms with E-state index in [9.17, 15) is 0 Å². The van der Waals surface area contributed by atoms with Gasteiger partial charge in [0, 0.05) is 12.2 Å². The van der Waals surface area contributed by atoms with Gasteiger partial charge >= 0.3 is 0 Å². The number of hydrogen-bond donors (Lipinski definition) is 2. The van der Waals surface area contributed by atoms with Gasteiger partial charge in [-0.05, 0) is 36.9 Å². The van der Waals surface area contributed by atoms with E-state index in [1.54, 1.807) is 6.26 Å². The van der Waals surface area contributed by atoms with E-state index >= 15 is 0 Å². The number of rotatable bonds is 5. The summed E-state index contributed by atoms with van der Waals surface area (Å²) < 4.78 is 5.26. The van der Waals surface area contributed by atoms with Crippen molar-refractivity contribution in [3.05, 3.63) is 54.0 Å². The number of furan rings is 1. The fraction of sp³-hybridized carbons (Fsp3) is 0.231. The largest absolute Gasteiger partial charge is 0.467 e. The molecule has 0 saturated carbocycles. The Kier molecular flexibility index (Phi) is 3.62. The summed E-state index contributed by atoms with van der Waals surface area (Å²) in [5.41, 5.74) is 2.39. The van der Waals surface area contributed by atoms with Crippen molar-refractivity contribution in [1.82, 2.24) is 5.32 Å². The van der Waals surface area contributed by atoms with Gasteiger partial charge in [-0.25, -0.2) is 0 Å². The Hall–Kier alpha value is -1.74. The fourth-order valence-corrected chi connectivity index (χ4v) is 1.60. The van der Waals surface area contributed by atoms with Crippen LogP contribution in [-0.4, -0.2) is 7.05 Å². The van der Waals surface area contributed by atoms with Gasteiger partial charge in [0.15, 0.2) is 0 Å². The average molecular weight is 216 g/mol.